The van der Waals surface area contributed by atoms with E-state index in [2.05, 4.69) is 11.1 Å². The van der Waals surface area contributed by atoms with Gasteiger partial charge in [-0.25, -0.2) is 24.4 Å². The zero-order valence-electron chi connectivity index (χ0n) is 16.6. The number of rotatable bonds is 7. The second kappa shape index (κ2) is 8.79. The quantitative estimate of drug-likeness (QED) is 0.180. The fraction of sp³-hybridized carbons (Fsp3) is 0.125. The van der Waals surface area contributed by atoms with Gasteiger partial charge in [-0.2, -0.15) is 12.8 Å². The van der Waals surface area contributed by atoms with E-state index in [0.29, 0.717) is 11.1 Å². The van der Waals surface area contributed by atoms with Gasteiger partial charge in [0.05, 0.1) is 26.1 Å². The van der Waals surface area contributed by atoms with Crippen molar-refractivity contribution in [2.24, 2.45) is 15.4 Å². The summed E-state index contributed by atoms with van der Waals surface area (Å²) < 4.78 is 51.2. The summed E-state index contributed by atoms with van der Waals surface area (Å²) >= 11 is 6.11. The van der Waals surface area contributed by atoms with Crippen LogP contribution in [-0.4, -0.2) is 48.5 Å². The zero-order valence-corrected chi connectivity index (χ0v) is 19.0. The third kappa shape index (κ3) is 4.71. The molecule has 0 radical (unpaired) electrons. The molecule has 2 rings (SSSR count). The van der Waals surface area contributed by atoms with Gasteiger partial charge >= 0.3 is 0 Å². The minimum absolute atomic E-state index is 0.0270. The first-order valence-corrected chi connectivity index (χ1v) is 11.6. The summed E-state index contributed by atoms with van der Waals surface area (Å²) in [5.41, 5.74) is -1.97. The molecule has 0 saturated carbocycles. The molecule has 1 amide bonds. The third-order valence-corrected chi connectivity index (χ3v) is 6.62. The maximum absolute atomic E-state index is 13.1. The van der Waals surface area contributed by atoms with E-state index in [-0.39, 0.29) is 10.7 Å². The predicted molar refractivity (Wildman–Crippen MR) is 118 cm³/mol. The molecule has 0 unspecified atom stereocenters. The van der Waals surface area contributed by atoms with E-state index in [0.717, 1.165) is 18.2 Å². The summed E-state index contributed by atoms with van der Waals surface area (Å²) in [5.74, 6) is 4.62. The van der Waals surface area contributed by atoms with E-state index in [9.17, 15) is 31.7 Å². The maximum atomic E-state index is 13.1. The van der Waals surface area contributed by atoms with Crippen LogP contribution in [-0.2, 0) is 20.0 Å². The van der Waals surface area contributed by atoms with Crippen molar-refractivity contribution < 1.29 is 26.6 Å². The van der Waals surface area contributed by atoms with Crippen molar-refractivity contribution in [3.63, 3.8) is 0 Å². The molecule has 32 heavy (non-hydrogen) atoms. The number of halogens is 1. The van der Waals surface area contributed by atoms with E-state index in [1.165, 1.54) is 25.1 Å². The maximum Gasteiger partial charge on any atom is 0.295 e. The van der Waals surface area contributed by atoms with E-state index >= 15 is 0 Å². The molecule has 16 heteroatoms. The molecule has 2 aromatic carbocycles. The molecule has 0 aliphatic carbocycles. The van der Waals surface area contributed by atoms with Gasteiger partial charge in [-0.1, -0.05) is 11.6 Å². The first kappa shape index (κ1) is 25.2. The number of nitrogens with zero attached hydrogens (tertiary/aromatic N) is 4. The number of sulfonamides is 2. The predicted octanol–water partition coefficient (Wildman–Crippen LogP) is 0.871. The zero-order chi connectivity index (χ0) is 24.6. The Labute approximate surface area is 188 Å². The smallest absolute Gasteiger partial charge is 0.295 e. The Balaban J connectivity index is 2.78. The lowest BCUT2D eigenvalue weighted by Crippen LogP contribution is -2.39. The van der Waals surface area contributed by atoms with Gasteiger partial charge < -0.3 is 4.90 Å². The number of carbonyl (C=O) groups excluding carboxylic acids is 1. The van der Waals surface area contributed by atoms with Crippen LogP contribution >= 0.6 is 11.6 Å². The average molecular weight is 505 g/mol. The van der Waals surface area contributed by atoms with Gasteiger partial charge in [0.15, 0.2) is 0 Å². The number of primary sulfonamides is 1. The van der Waals surface area contributed by atoms with Crippen LogP contribution in [0, 0.1) is 10.1 Å². The van der Waals surface area contributed by atoms with Crippen molar-refractivity contribution in [2.75, 3.05) is 24.0 Å². The van der Waals surface area contributed by atoms with E-state index in [1.54, 1.807) is 0 Å². The van der Waals surface area contributed by atoms with E-state index in [1.807, 2.05) is 0 Å². The van der Waals surface area contributed by atoms with Crippen LogP contribution in [0.1, 0.15) is 10.4 Å². The highest BCUT2D eigenvalue weighted by molar-refractivity contribution is 7.90. The number of hydrogen-bond donors (Lipinski definition) is 2. The molecule has 0 heterocycles. The van der Waals surface area contributed by atoms with Crippen molar-refractivity contribution in [3.8, 4) is 0 Å². The topological polar surface area (TPSA) is 199 Å². The summed E-state index contributed by atoms with van der Waals surface area (Å²) in [6.45, 7) is 3.00. The molecule has 0 atom stereocenters. The number of nitrogens with two attached hydrogens (primary N) is 2. The highest BCUT2D eigenvalue weighted by Crippen LogP contribution is 2.37. The minimum Gasteiger partial charge on any atom is -0.375 e. The van der Waals surface area contributed by atoms with Crippen molar-refractivity contribution in [3.05, 3.63) is 51.0 Å². The molecular weight excluding hydrogens is 488 g/mol. The van der Waals surface area contributed by atoms with Gasteiger partial charge in [0, 0.05) is 26.9 Å². The SMILES string of the molecule is C=NS(=O)(=O)c1c(C(=O)N(N)c2ccc(S(N)(=O)=O)cc2[N+](=O)[O-])ccc(Cl)c1N(C)C. The second-order valence-electron chi connectivity index (χ2n) is 6.40. The number of amides is 1. The fourth-order valence-electron chi connectivity index (χ4n) is 2.73. The van der Waals surface area contributed by atoms with Gasteiger partial charge in [0.1, 0.15) is 10.6 Å². The molecular formula is C16H17ClN6O7S2. The molecule has 0 aliphatic heterocycles. The standard InChI is InChI=1S/C16H17ClN6O7S2/c1-20-32(29,30)15-10(5-6-11(17)14(15)21(2)3)16(24)22(18)12-7-4-9(31(19,27)28)8-13(12)23(25)26/h4-8H,1,18H2,2-3H3,(H2,19,27,28). The van der Waals surface area contributed by atoms with Gasteiger partial charge in [0.25, 0.3) is 21.6 Å². The van der Waals surface area contributed by atoms with Crippen molar-refractivity contribution in [1.29, 1.82) is 0 Å². The highest BCUT2D eigenvalue weighted by atomic mass is 35.5. The number of hydrazine groups is 1. The highest BCUT2D eigenvalue weighted by Gasteiger charge is 2.32. The Hall–Kier alpha value is -3.11. The van der Waals surface area contributed by atoms with E-state index < -0.39 is 57.6 Å². The number of nitro groups is 1. The lowest BCUT2D eigenvalue weighted by molar-refractivity contribution is -0.384. The largest absolute Gasteiger partial charge is 0.375 e. The second-order valence-corrected chi connectivity index (χ2v) is 9.98. The molecule has 13 nitrogen and oxygen atoms in total. The third-order valence-electron chi connectivity index (χ3n) is 4.14. The Kier molecular flexibility index (Phi) is 6.91. The first-order valence-electron chi connectivity index (χ1n) is 8.26. The number of hydrogen-bond acceptors (Lipinski definition) is 9. The molecule has 0 aromatic heterocycles. The summed E-state index contributed by atoms with van der Waals surface area (Å²) in [5, 5.41) is 16.7. The van der Waals surface area contributed by atoms with Crippen molar-refractivity contribution in [1.82, 2.24) is 0 Å². The summed E-state index contributed by atoms with van der Waals surface area (Å²) in [6, 6.07) is 4.70. The normalized spacial score (nSPS) is 11.7. The van der Waals surface area contributed by atoms with Crippen LogP contribution < -0.4 is 20.9 Å². The summed E-state index contributed by atoms with van der Waals surface area (Å²) in [6.07, 6.45) is 0. The lowest BCUT2D eigenvalue weighted by atomic mass is 10.1. The van der Waals surface area contributed by atoms with Gasteiger partial charge in [-0.05, 0) is 24.3 Å². The van der Waals surface area contributed by atoms with Crippen LogP contribution in [0.15, 0.2) is 44.5 Å². The number of anilines is 2. The van der Waals surface area contributed by atoms with Gasteiger partial charge in [-0.3, -0.25) is 14.9 Å². The molecule has 0 saturated heterocycles. The number of benzene rings is 2. The molecule has 4 N–H and O–H groups in total. The fourth-order valence-corrected chi connectivity index (χ4v) is 4.74. The van der Waals surface area contributed by atoms with E-state index in [4.69, 9.17) is 22.6 Å². The van der Waals surface area contributed by atoms with Crippen LogP contribution in [0.2, 0.25) is 5.02 Å². The Bertz CT molecular complexity index is 1340. The Morgan fingerprint density at radius 3 is 2.25 bits per heavy atom. The minimum atomic E-state index is -4.49. The van der Waals surface area contributed by atoms with Crippen molar-refractivity contribution in [2.45, 2.75) is 9.79 Å². The van der Waals surface area contributed by atoms with Crippen LogP contribution in [0.5, 0.6) is 0 Å². The lowest BCUT2D eigenvalue weighted by Gasteiger charge is -2.23. The number of carbonyl (C=O) groups is 1. The Morgan fingerprint density at radius 2 is 1.78 bits per heavy atom. The first-order chi connectivity index (χ1) is 14.6. The van der Waals surface area contributed by atoms with Crippen LogP contribution in [0.3, 0.4) is 0 Å². The molecule has 0 bridgehead atoms. The van der Waals surface area contributed by atoms with Gasteiger partial charge in [0.2, 0.25) is 10.0 Å². The van der Waals surface area contributed by atoms with Crippen LogP contribution in [0.4, 0.5) is 17.1 Å². The monoisotopic (exact) mass is 504 g/mol. The van der Waals surface area contributed by atoms with Crippen molar-refractivity contribution >= 4 is 61.3 Å². The molecule has 0 spiro atoms. The number of nitro benzene ring substituents is 1. The molecule has 0 aliphatic rings. The molecule has 0 fully saturated rings. The average Bonchev–Trinajstić information content (AvgIpc) is 2.70. The summed E-state index contributed by atoms with van der Waals surface area (Å²) in [4.78, 5) is 23.7. The molecule has 2 aromatic rings. The summed E-state index contributed by atoms with van der Waals surface area (Å²) in [7, 11) is -5.84. The molecule has 172 valence electrons. The Morgan fingerprint density at radius 1 is 1.19 bits per heavy atom. The van der Waals surface area contributed by atoms with Crippen LogP contribution in [0.25, 0.3) is 0 Å². The van der Waals surface area contributed by atoms with Gasteiger partial charge in [-0.15, -0.1) is 0 Å².